The predicted octanol–water partition coefficient (Wildman–Crippen LogP) is 6.23. The van der Waals surface area contributed by atoms with Crippen LogP contribution in [0.1, 0.15) is 46.0 Å². The lowest BCUT2D eigenvalue weighted by molar-refractivity contribution is -0.574. The summed E-state index contributed by atoms with van der Waals surface area (Å²) in [6.07, 6.45) is 6.31. The molecule has 0 radical (unpaired) electrons. The van der Waals surface area contributed by atoms with Gasteiger partial charge in [0.2, 0.25) is 0 Å². The Balaban J connectivity index is 1.80. The van der Waals surface area contributed by atoms with E-state index in [4.69, 9.17) is 10.5 Å². The minimum atomic E-state index is 0.352. The van der Waals surface area contributed by atoms with Crippen molar-refractivity contribution in [1.29, 1.82) is 0 Å². The average molecular weight is 281 g/mol. The van der Waals surface area contributed by atoms with Crippen molar-refractivity contribution < 1.29 is 4.81 Å². The lowest BCUT2D eigenvalue weighted by Gasteiger charge is -2.23. The summed E-state index contributed by atoms with van der Waals surface area (Å²) in [5, 5.41) is 7.12. The molecule has 2 aromatic rings. The van der Waals surface area contributed by atoms with E-state index >= 15 is 0 Å². The van der Waals surface area contributed by atoms with Gasteiger partial charge in [-0.2, -0.15) is 15.3 Å². The highest BCUT2D eigenvalue weighted by Crippen LogP contribution is 2.41. The number of hydrogen-bond donors (Lipinski definition) is 0. The van der Waals surface area contributed by atoms with Crippen LogP contribution in [0.4, 0.5) is 11.4 Å². The summed E-state index contributed by atoms with van der Waals surface area (Å²) in [5.41, 5.74) is 6.81. The van der Waals surface area contributed by atoms with Crippen LogP contribution in [0.3, 0.4) is 0 Å². The standard InChI is InChI=1S/C18H23N3/c1-3-4-5-6-9-14(2)21-19-16-12-7-10-15-11-8-13-17(20-21)18(15)16/h7-8,10-14H,3-6,9H2,1-2H3. The van der Waals surface area contributed by atoms with Gasteiger partial charge in [-0.25, -0.2) is 0 Å². The molecule has 0 aliphatic carbocycles. The van der Waals surface area contributed by atoms with Gasteiger partial charge in [-0.05, 0) is 24.1 Å². The zero-order valence-electron chi connectivity index (χ0n) is 12.9. The largest absolute Gasteiger partial charge is 0.186 e. The smallest absolute Gasteiger partial charge is 0.169 e. The zero-order valence-corrected chi connectivity index (χ0v) is 12.9. The van der Waals surface area contributed by atoms with Crippen LogP contribution in [0.5, 0.6) is 0 Å². The van der Waals surface area contributed by atoms with Crippen LogP contribution in [-0.4, -0.2) is 10.8 Å². The number of benzene rings is 2. The number of nitrogens with zero attached hydrogens (tertiary/aromatic N) is 3. The summed E-state index contributed by atoms with van der Waals surface area (Å²) in [6.45, 7) is 4.46. The third kappa shape index (κ3) is 2.92. The van der Waals surface area contributed by atoms with Crippen molar-refractivity contribution >= 4 is 22.1 Å². The first-order valence-corrected chi connectivity index (χ1v) is 8.04. The third-order valence-corrected chi connectivity index (χ3v) is 4.15. The fourth-order valence-electron chi connectivity index (χ4n) is 2.89. The van der Waals surface area contributed by atoms with Crippen molar-refractivity contribution in [3.05, 3.63) is 41.8 Å². The summed E-state index contributed by atoms with van der Waals surface area (Å²) in [5.74, 6) is 0. The molecule has 0 N–H and O–H groups in total. The number of hydrogen-bond acceptors (Lipinski definition) is 1. The Morgan fingerprint density at radius 3 is 2.71 bits per heavy atom. The summed E-state index contributed by atoms with van der Waals surface area (Å²) in [4.78, 5) is 1.91. The van der Waals surface area contributed by atoms with Gasteiger partial charge in [0, 0.05) is 17.8 Å². The SMILES string of the molecule is CCCCCCC(C)[N+]1=Nc2cccc3cccc(c23)[N-]1. The molecule has 2 aromatic carbocycles. The summed E-state index contributed by atoms with van der Waals surface area (Å²) in [7, 11) is 0. The maximum atomic E-state index is 4.73. The first kappa shape index (κ1) is 14.1. The maximum absolute atomic E-state index is 4.73. The molecule has 0 bridgehead atoms. The van der Waals surface area contributed by atoms with Gasteiger partial charge >= 0.3 is 0 Å². The molecule has 0 aromatic heterocycles. The second-order valence-corrected chi connectivity index (χ2v) is 5.87. The molecular weight excluding hydrogens is 258 g/mol. The Kier molecular flexibility index (Phi) is 4.18. The highest BCUT2D eigenvalue weighted by molar-refractivity contribution is 6.02. The van der Waals surface area contributed by atoms with Gasteiger partial charge in [0.1, 0.15) is 0 Å². The Morgan fingerprint density at radius 2 is 1.90 bits per heavy atom. The lowest BCUT2D eigenvalue weighted by Crippen LogP contribution is -2.18. The zero-order chi connectivity index (χ0) is 14.7. The van der Waals surface area contributed by atoms with Crippen LogP contribution in [0, 0.1) is 0 Å². The van der Waals surface area contributed by atoms with E-state index in [0.29, 0.717) is 6.04 Å². The molecule has 0 fully saturated rings. The quantitative estimate of drug-likeness (QED) is 0.444. The molecule has 3 rings (SSSR count). The summed E-state index contributed by atoms with van der Waals surface area (Å²) in [6, 6.07) is 12.9. The molecule has 21 heavy (non-hydrogen) atoms. The van der Waals surface area contributed by atoms with Crippen molar-refractivity contribution in [3.63, 3.8) is 0 Å². The van der Waals surface area contributed by atoms with Gasteiger partial charge in [-0.1, -0.05) is 62.6 Å². The molecule has 110 valence electrons. The fourth-order valence-corrected chi connectivity index (χ4v) is 2.89. The molecular formula is C18H23N3. The number of azo groups is 1. The van der Waals surface area contributed by atoms with Crippen molar-refractivity contribution in [2.75, 3.05) is 0 Å². The average Bonchev–Trinajstić information content (AvgIpc) is 2.52. The molecule has 1 aliphatic heterocycles. The van der Waals surface area contributed by atoms with E-state index in [-0.39, 0.29) is 0 Å². The normalized spacial score (nSPS) is 14.7. The van der Waals surface area contributed by atoms with E-state index in [1.54, 1.807) is 0 Å². The monoisotopic (exact) mass is 281 g/mol. The van der Waals surface area contributed by atoms with Crippen LogP contribution >= 0.6 is 0 Å². The topological polar surface area (TPSA) is 29.5 Å². The van der Waals surface area contributed by atoms with E-state index in [0.717, 1.165) is 17.8 Å². The first-order valence-electron chi connectivity index (χ1n) is 8.04. The molecule has 0 saturated heterocycles. The molecule has 3 nitrogen and oxygen atoms in total. The molecule has 0 amide bonds. The van der Waals surface area contributed by atoms with E-state index in [2.05, 4.69) is 50.2 Å². The van der Waals surface area contributed by atoms with Gasteiger partial charge in [0.15, 0.2) is 6.04 Å². The van der Waals surface area contributed by atoms with Crippen LogP contribution in [0.15, 0.2) is 41.5 Å². The molecule has 0 saturated carbocycles. The van der Waals surface area contributed by atoms with Crippen LogP contribution in [0.25, 0.3) is 16.2 Å². The van der Waals surface area contributed by atoms with Crippen LogP contribution < -0.4 is 0 Å². The van der Waals surface area contributed by atoms with Gasteiger partial charge < -0.3 is 0 Å². The number of rotatable bonds is 6. The summed E-state index contributed by atoms with van der Waals surface area (Å²) >= 11 is 0. The molecule has 0 spiro atoms. The summed E-state index contributed by atoms with van der Waals surface area (Å²) < 4.78 is 0. The van der Waals surface area contributed by atoms with E-state index in [9.17, 15) is 0 Å². The maximum Gasteiger partial charge on any atom is 0.169 e. The highest BCUT2D eigenvalue weighted by atomic mass is 15.6. The van der Waals surface area contributed by atoms with Crippen molar-refractivity contribution in [2.45, 2.75) is 52.0 Å². The Labute approximate surface area is 126 Å². The minimum absolute atomic E-state index is 0.352. The molecule has 3 heteroatoms. The van der Waals surface area contributed by atoms with Crippen molar-refractivity contribution in [2.24, 2.45) is 5.11 Å². The molecule has 1 atom stereocenters. The lowest BCUT2D eigenvalue weighted by atomic mass is 10.1. The molecule has 1 aliphatic rings. The van der Waals surface area contributed by atoms with E-state index < -0.39 is 0 Å². The van der Waals surface area contributed by atoms with Gasteiger partial charge in [-0.3, -0.25) is 0 Å². The van der Waals surface area contributed by atoms with E-state index in [1.807, 2.05) is 4.81 Å². The predicted molar refractivity (Wildman–Crippen MR) is 87.5 cm³/mol. The second-order valence-electron chi connectivity index (χ2n) is 5.87. The second kappa shape index (κ2) is 6.25. The van der Waals surface area contributed by atoms with Gasteiger partial charge in [0.05, 0.1) is 0 Å². The van der Waals surface area contributed by atoms with Gasteiger partial charge in [-0.15, -0.1) is 0 Å². The Morgan fingerprint density at radius 1 is 1.10 bits per heavy atom. The third-order valence-electron chi connectivity index (χ3n) is 4.15. The van der Waals surface area contributed by atoms with E-state index in [1.165, 1.54) is 36.5 Å². The first-order chi connectivity index (χ1) is 10.3. The van der Waals surface area contributed by atoms with Crippen molar-refractivity contribution in [3.8, 4) is 0 Å². The minimum Gasteiger partial charge on any atom is -0.186 e. The van der Waals surface area contributed by atoms with Gasteiger partial charge in [0.25, 0.3) is 0 Å². The van der Waals surface area contributed by atoms with Crippen LogP contribution in [0.2, 0.25) is 0 Å². The Hall–Kier alpha value is -1.90. The van der Waals surface area contributed by atoms with Crippen molar-refractivity contribution in [1.82, 2.24) is 0 Å². The molecule has 1 heterocycles. The highest BCUT2D eigenvalue weighted by Gasteiger charge is 2.17. The number of unbranched alkanes of at least 4 members (excludes halogenated alkanes) is 3. The molecule has 1 unspecified atom stereocenters. The fraction of sp³-hybridized carbons (Fsp3) is 0.444. The van der Waals surface area contributed by atoms with Crippen LogP contribution in [-0.2, 0) is 0 Å². The Bertz CT molecular complexity index is 655.